The van der Waals surface area contributed by atoms with Crippen molar-refractivity contribution in [2.75, 3.05) is 18.9 Å². The molecular formula is C12H16BrClN2O4S. The number of nitrogens with one attached hydrogen (secondary N) is 1. The van der Waals surface area contributed by atoms with Gasteiger partial charge >= 0.3 is 0 Å². The van der Waals surface area contributed by atoms with E-state index in [1.54, 1.807) is 6.92 Å². The standard InChI is InChI=1S/C12H16BrClN2O4S/c1-7-12(17,2-3-20-7)6-16-21(18,19)10-5-8(14)4-9(15)11(10)13/h4-5,7,16-17H,2-3,6,15H2,1H3. The van der Waals surface area contributed by atoms with Gasteiger partial charge in [0.25, 0.3) is 0 Å². The number of hydrogen-bond acceptors (Lipinski definition) is 5. The summed E-state index contributed by atoms with van der Waals surface area (Å²) in [6, 6.07) is 2.74. The molecule has 1 aromatic rings. The Bertz CT molecular complexity index is 655. The lowest BCUT2D eigenvalue weighted by molar-refractivity contribution is -0.0228. The van der Waals surface area contributed by atoms with Gasteiger partial charge in [0, 0.05) is 30.3 Å². The second-order valence-electron chi connectivity index (χ2n) is 5.00. The van der Waals surface area contributed by atoms with Crippen LogP contribution in [0.3, 0.4) is 0 Å². The summed E-state index contributed by atoms with van der Waals surface area (Å²) in [6.45, 7) is 1.96. The first kappa shape index (κ1) is 17.0. The molecule has 0 radical (unpaired) electrons. The molecule has 21 heavy (non-hydrogen) atoms. The molecule has 1 fully saturated rings. The van der Waals surface area contributed by atoms with E-state index in [0.717, 1.165) is 0 Å². The molecule has 2 unspecified atom stereocenters. The molecule has 1 aliphatic rings. The molecule has 118 valence electrons. The Morgan fingerprint density at radius 1 is 1.62 bits per heavy atom. The summed E-state index contributed by atoms with van der Waals surface area (Å²) in [5.41, 5.74) is 4.69. The van der Waals surface area contributed by atoms with Gasteiger partial charge in [0.1, 0.15) is 5.60 Å². The second-order valence-corrected chi connectivity index (χ2v) is 7.96. The second kappa shape index (κ2) is 6.02. The lowest BCUT2D eigenvalue weighted by Crippen LogP contribution is -2.47. The van der Waals surface area contributed by atoms with Crippen LogP contribution in [-0.4, -0.2) is 38.4 Å². The monoisotopic (exact) mass is 398 g/mol. The fraction of sp³-hybridized carbons (Fsp3) is 0.500. The van der Waals surface area contributed by atoms with Gasteiger partial charge in [-0.2, -0.15) is 0 Å². The Morgan fingerprint density at radius 3 is 2.86 bits per heavy atom. The van der Waals surface area contributed by atoms with Crippen LogP contribution in [0.4, 0.5) is 5.69 Å². The van der Waals surface area contributed by atoms with Crippen LogP contribution in [0, 0.1) is 0 Å². The van der Waals surface area contributed by atoms with Gasteiger partial charge in [0.2, 0.25) is 10.0 Å². The lowest BCUT2D eigenvalue weighted by Gasteiger charge is -2.26. The van der Waals surface area contributed by atoms with Gasteiger partial charge in [-0.25, -0.2) is 13.1 Å². The maximum absolute atomic E-state index is 12.4. The van der Waals surface area contributed by atoms with Crippen LogP contribution in [0.2, 0.25) is 5.02 Å². The van der Waals surface area contributed by atoms with E-state index in [1.165, 1.54) is 12.1 Å². The van der Waals surface area contributed by atoms with Gasteiger partial charge in [-0.15, -0.1) is 0 Å². The summed E-state index contributed by atoms with van der Waals surface area (Å²) in [5.74, 6) is 0. The third-order valence-electron chi connectivity index (χ3n) is 3.55. The maximum Gasteiger partial charge on any atom is 0.241 e. The quantitative estimate of drug-likeness (QED) is 0.666. The molecule has 1 aliphatic heterocycles. The third-order valence-corrected chi connectivity index (χ3v) is 6.34. The minimum atomic E-state index is -3.86. The van der Waals surface area contributed by atoms with Crippen LogP contribution in [-0.2, 0) is 14.8 Å². The van der Waals surface area contributed by atoms with Gasteiger partial charge < -0.3 is 15.6 Å². The highest BCUT2D eigenvalue weighted by Gasteiger charge is 2.40. The van der Waals surface area contributed by atoms with Crippen LogP contribution in [0.5, 0.6) is 0 Å². The summed E-state index contributed by atoms with van der Waals surface area (Å²) < 4.78 is 32.6. The molecule has 0 aromatic heterocycles. The van der Waals surface area contributed by atoms with E-state index < -0.39 is 21.7 Å². The van der Waals surface area contributed by atoms with Crippen molar-refractivity contribution in [3.05, 3.63) is 21.6 Å². The number of nitrogen functional groups attached to an aromatic ring is 1. The van der Waals surface area contributed by atoms with Crippen molar-refractivity contribution in [1.82, 2.24) is 4.72 Å². The van der Waals surface area contributed by atoms with E-state index in [0.29, 0.717) is 13.0 Å². The fourth-order valence-corrected chi connectivity index (χ4v) is 4.47. The molecule has 4 N–H and O–H groups in total. The van der Waals surface area contributed by atoms with E-state index in [9.17, 15) is 13.5 Å². The number of benzene rings is 1. The van der Waals surface area contributed by atoms with Crippen LogP contribution >= 0.6 is 27.5 Å². The number of ether oxygens (including phenoxy) is 1. The molecular weight excluding hydrogens is 384 g/mol. The Kier molecular flexibility index (Phi) is 4.87. The Balaban J connectivity index is 2.24. The summed E-state index contributed by atoms with van der Waals surface area (Å²) in [7, 11) is -3.86. The number of sulfonamides is 1. The summed E-state index contributed by atoms with van der Waals surface area (Å²) in [4.78, 5) is -0.0670. The maximum atomic E-state index is 12.4. The van der Waals surface area contributed by atoms with E-state index in [-0.39, 0.29) is 26.6 Å². The number of rotatable bonds is 4. The predicted molar refractivity (Wildman–Crippen MR) is 83.7 cm³/mol. The fourth-order valence-electron chi connectivity index (χ4n) is 2.08. The van der Waals surface area contributed by atoms with Gasteiger partial charge in [-0.05, 0) is 35.0 Å². The van der Waals surface area contributed by atoms with Crippen molar-refractivity contribution in [1.29, 1.82) is 0 Å². The van der Waals surface area contributed by atoms with Crippen molar-refractivity contribution in [3.63, 3.8) is 0 Å². The molecule has 6 nitrogen and oxygen atoms in total. The summed E-state index contributed by atoms with van der Waals surface area (Å²) in [5, 5.41) is 10.5. The highest BCUT2D eigenvalue weighted by molar-refractivity contribution is 9.10. The smallest absolute Gasteiger partial charge is 0.241 e. The first-order chi connectivity index (χ1) is 9.66. The molecule has 0 spiro atoms. The number of hydrogen-bond donors (Lipinski definition) is 3. The topological polar surface area (TPSA) is 102 Å². The zero-order valence-electron chi connectivity index (χ0n) is 11.3. The Hall–Kier alpha value is -0.380. The Labute approximate surface area is 136 Å². The first-order valence-corrected chi connectivity index (χ1v) is 8.89. The van der Waals surface area contributed by atoms with Crippen molar-refractivity contribution >= 4 is 43.2 Å². The largest absolute Gasteiger partial charge is 0.398 e. The molecule has 1 heterocycles. The first-order valence-electron chi connectivity index (χ1n) is 6.24. The molecule has 2 atom stereocenters. The van der Waals surface area contributed by atoms with Gasteiger partial charge in [-0.3, -0.25) is 0 Å². The van der Waals surface area contributed by atoms with Crippen molar-refractivity contribution < 1.29 is 18.3 Å². The summed E-state index contributed by atoms with van der Waals surface area (Å²) >= 11 is 8.98. The van der Waals surface area contributed by atoms with Crippen molar-refractivity contribution in [3.8, 4) is 0 Å². The molecule has 2 rings (SSSR count). The van der Waals surface area contributed by atoms with E-state index in [1.807, 2.05) is 0 Å². The van der Waals surface area contributed by atoms with Gasteiger partial charge in [0.05, 0.1) is 15.5 Å². The highest BCUT2D eigenvalue weighted by Crippen LogP contribution is 2.32. The van der Waals surface area contributed by atoms with Gasteiger partial charge in [0.15, 0.2) is 0 Å². The lowest BCUT2D eigenvalue weighted by atomic mass is 9.97. The number of aliphatic hydroxyl groups is 1. The predicted octanol–water partition coefficient (Wildman–Crippen LogP) is 1.50. The average molecular weight is 400 g/mol. The normalized spacial score (nSPS) is 26.2. The molecule has 9 heteroatoms. The van der Waals surface area contributed by atoms with E-state index in [4.69, 9.17) is 22.1 Å². The van der Waals surface area contributed by atoms with E-state index in [2.05, 4.69) is 20.7 Å². The SMILES string of the molecule is CC1OCCC1(O)CNS(=O)(=O)c1cc(Cl)cc(N)c1Br. The summed E-state index contributed by atoms with van der Waals surface area (Å²) in [6.07, 6.45) is -0.0664. The Morgan fingerprint density at radius 2 is 2.29 bits per heavy atom. The van der Waals surface area contributed by atoms with Crippen LogP contribution < -0.4 is 10.5 Å². The van der Waals surface area contributed by atoms with Crippen molar-refractivity contribution in [2.45, 2.75) is 29.9 Å². The molecule has 1 aromatic carbocycles. The van der Waals surface area contributed by atoms with Gasteiger partial charge in [-0.1, -0.05) is 11.6 Å². The molecule has 0 bridgehead atoms. The van der Waals surface area contributed by atoms with Crippen LogP contribution in [0.1, 0.15) is 13.3 Å². The van der Waals surface area contributed by atoms with Crippen LogP contribution in [0.15, 0.2) is 21.5 Å². The zero-order chi connectivity index (χ0) is 15.8. The van der Waals surface area contributed by atoms with E-state index >= 15 is 0 Å². The molecule has 0 saturated carbocycles. The van der Waals surface area contributed by atoms with Crippen LogP contribution in [0.25, 0.3) is 0 Å². The number of nitrogens with two attached hydrogens (primary N) is 1. The number of halogens is 2. The zero-order valence-corrected chi connectivity index (χ0v) is 14.4. The molecule has 0 aliphatic carbocycles. The average Bonchev–Trinajstić information content (AvgIpc) is 2.72. The van der Waals surface area contributed by atoms with Crippen molar-refractivity contribution in [2.24, 2.45) is 0 Å². The number of anilines is 1. The highest BCUT2D eigenvalue weighted by atomic mass is 79.9. The minimum Gasteiger partial charge on any atom is -0.398 e. The minimum absolute atomic E-state index is 0.0670. The molecule has 1 saturated heterocycles. The third kappa shape index (κ3) is 3.52. The molecule has 0 amide bonds.